The average Bonchev–Trinajstić information content (AvgIpc) is 2.98. The van der Waals surface area contributed by atoms with Gasteiger partial charge in [0.05, 0.1) is 16.3 Å². The Balaban J connectivity index is 2.05. The summed E-state index contributed by atoms with van der Waals surface area (Å²) in [6, 6.07) is 14.9. The van der Waals surface area contributed by atoms with Crippen LogP contribution in [0.25, 0.3) is 21.7 Å². The molecular weight excluding hydrogens is 385 g/mol. The van der Waals surface area contributed by atoms with Crippen molar-refractivity contribution in [3.8, 4) is 21.7 Å². The van der Waals surface area contributed by atoms with Crippen LogP contribution in [-0.2, 0) is 4.79 Å². The topological polar surface area (TPSA) is 50.2 Å². The van der Waals surface area contributed by atoms with Crippen molar-refractivity contribution in [2.45, 2.75) is 4.34 Å². The number of halogens is 2. The molecule has 0 saturated carbocycles. The van der Waals surface area contributed by atoms with Gasteiger partial charge in [-0.05, 0) is 29.8 Å². The van der Waals surface area contributed by atoms with Gasteiger partial charge in [0.15, 0.2) is 4.34 Å². The smallest absolute Gasteiger partial charge is 0.313 e. The molecule has 0 atom stereocenters. The Labute approximate surface area is 157 Å². The van der Waals surface area contributed by atoms with Crippen molar-refractivity contribution >= 4 is 52.3 Å². The summed E-state index contributed by atoms with van der Waals surface area (Å²) in [5.74, 6) is -0.885. The molecule has 0 amide bonds. The molecule has 0 aliphatic carbocycles. The third-order valence-electron chi connectivity index (χ3n) is 3.15. The lowest BCUT2D eigenvalue weighted by Crippen LogP contribution is -1.96. The zero-order valence-corrected chi connectivity index (χ0v) is 15.3. The van der Waals surface area contributed by atoms with Crippen molar-refractivity contribution in [2.24, 2.45) is 0 Å². The lowest BCUT2D eigenvalue weighted by atomic mass is 10.1. The van der Waals surface area contributed by atoms with Gasteiger partial charge in [-0.15, -0.1) is 11.3 Å². The summed E-state index contributed by atoms with van der Waals surface area (Å²) >= 11 is 14.6. The zero-order valence-electron chi connectivity index (χ0n) is 12.2. The maximum Gasteiger partial charge on any atom is 0.313 e. The van der Waals surface area contributed by atoms with Crippen molar-refractivity contribution in [1.82, 2.24) is 4.98 Å². The molecule has 2 aromatic carbocycles. The first-order chi connectivity index (χ1) is 11.5. The van der Waals surface area contributed by atoms with Gasteiger partial charge >= 0.3 is 5.97 Å². The minimum Gasteiger partial charge on any atom is -0.481 e. The van der Waals surface area contributed by atoms with Gasteiger partial charge in [-0.3, -0.25) is 4.79 Å². The summed E-state index contributed by atoms with van der Waals surface area (Å²) in [5.41, 5.74) is 2.73. The third-order valence-corrected chi connectivity index (χ3v) is 5.89. The molecule has 122 valence electrons. The van der Waals surface area contributed by atoms with Crippen LogP contribution in [0, 0.1) is 0 Å². The summed E-state index contributed by atoms with van der Waals surface area (Å²) in [6.07, 6.45) is 0. The summed E-state index contributed by atoms with van der Waals surface area (Å²) in [6.45, 7) is 0. The number of hydrogen-bond acceptors (Lipinski definition) is 4. The molecule has 1 heterocycles. The molecule has 1 aromatic heterocycles. The van der Waals surface area contributed by atoms with E-state index in [9.17, 15) is 4.79 Å². The zero-order chi connectivity index (χ0) is 17.1. The van der Waals surface area contributed by atoms with Crippen molar-refractivity contribution in [1.29, 1.82) is 0 Å². The highest BCUT2D eigenvalue weighted by Gasteiger charge is 2.16. The highest BCUT2D eigenvalue weighted by Crippen LogP contribution is 2.40. The SMILES string of the molecule is O=C(O)CSc1nc(-c2ccc(Cl)cc2)c(-c2ccc(Cl)cc2)s1. The van der Waals surface area contributed by atoms with Crippen LogP contribution in [0.1, 0.15) is 0 Å². The van der Waals surface area contributed by atoms with Gasteiger partial charge in [-0.2, -0.15) is 0 Å². The molecule has 7 heteroatoms. The summed E-state index contributed by atoms with van der Waals surface area (Å²) < 4.78 is 0.715. The largest absolute Gasteiger partial charge is 0.481 e. The highest BCUT2D eigenvalue weighted by molar-refractivity contribution is 8.01. The minimum absolute atomic E-state index is 0.0202. The van der Waals surface area contributed by atoms with E-state index in [0.29, 0.717) is 14.4 Å². The second-order valence-electron chi connectivity index (χ2n) is 4.85. The predicted octanol–water partition coefficient (Wildman–Crippen LogP) is 5.96. The van der Waals surface area contributed by atoms with Gasteiger partial charge in [0.1, 0.15) is 0 Å². The number of aliphatic carboxylic acids is 1. The van der Waals surface area contributed by atoms with E-state index in [1.54, 1.807) is 0 Å². The lowest BCUT2D eigenvalue weighted by Gasteiger charge is -2.03. The lowest BCUT2D eigenvalue weighted by molar-refractivity contribution is -0.133. The number of carboxylic acid groups (broad SMARTS) is 1. The summed E-state index contributed by atoms with van der Waals surface area (Å²) in [7, 11) is 0. The monoisotopic (exact) mass is 395 g/mol. The molecule has 1 N–H and O–H groups in total. The van der Waals surface area contributed by atoms with Crippen LogP contribution in [0.15, 0.2) is 52.9 Å². The van der Waals surface area contributed by atoms with E-state index >= 15 is 0 Å². The Hall–Kier alpha value is -1.53. The molecule has 0 aliphatic rings. The first kappa shape index (κ1) is 17.3. The van der Waals surface area contributed by atoms with Gasteiger partial charge in [0.2, 0.25) is 0 Å². The van der Waals surface area contributed by atoms with Crippen LogP contribution in [0.5, 0.6) is 0 Å². The van der Waals surface area contributed by atoms with Crippen LogP contribution < -0.4 is 0 Å². The van der Waals surface area contributed by atoms with Gasteiger partial charge in [0.25, 0.3) is 0 Å². The third kappa shape index (κ3) is 4.11. The van der Waals surface area contributed by atoms with E-state index in [1.807, 2.05) is 48.5 Å². The number of thioether (sulfide) groups is 1. The van der Waals surface area contributed by atoms with E-state index in [2.05, 4.69) is 4.98 Å². The van der Waals surface area contributed by atoms with Gasteiger partial charge in [-0.25, -0.2) is 4.98 Å². The predicted molar refractivity (Wildman–Crippen MR) is 101 cm³/mol. The fourth-order valence-electron chi connectivity index (χ4n) is 2.09. The van der Waals surface area contributed by atoms with E-state index in [1.165, 1.54) is 23.1 Å². The standard InChI is InChI=1S/C17H11Cl2NO2S2/c18-12-5-1-10(2-6-12)15-16(11-3-7-13(19)8-4-11)24-17(20-15)23-9-14(21)22/h1-8H,9H2,(H,21,22). The van der Waals surface area contributed by atoms with Crippen molar-refractivity contribution in [3.05, 3.63) is 58.6 Å². The highest BCUT2D eigenvalue weighted by atomic mass is 35.5. The number of hydrogen-bond donors (Lipinski definition) is 1. The number of aromatic nitrogens is 1. The molecule has 0 aliphatic heterocycles. The van der Waals surface area contributed by atoms with Gasteiger partial charge in [0, 0.05) is 15.6 Å². The Kier molecular flexibility index (Phi) is 5.46. The van der Waals surface area contributed by atoms with E-state index < -0.39 is 5.97 Å². The van der Waals surface area contributed by atoms with Crippen LogP contribution in [-0.4, -0.2) is 21.8 Å². The van der Waals surface area contributed by atoms with Gasteiger partial charge in [-0.1, -0.05) is 59.2 Å². The fraction of sp³-hybridized carbons (Fsp3) is 0.0588. The number of carboxylic acids is 1. The molecular formula is C17H11Cl2NO2S2. The molecule has 0 unspecified atom stereocenters. The minimum atomic E-state index is -0.865. The average molecular weight is 396 g/mol. The first-order valence-electron chi connectivity index (χ1n) is 6.90. The summed E-state index contributed by atoms with van der Waals surface area (Å²) in [5, 5.41) is 10.2. The molecule has 0 bridgehead atoms. The van der Waals surface area contributed by atoms with E-state index in [-0.39, 0.29) is 5.75 Å². The quantitative estimate of drug-likeness (QED) is 0.541. The number of benzene rings is 2. The molecule has 0 spiro atoms. The Bertz CT molecular complexity index is 798. The molecule has 3 aromatic rings. The molecule has 0 fully saturated rings. The maximum atomic E-state index is 10.8. The molecule has 3 nitrogen and oxygen atoms in total. The van der Waals surface area contributed by atoms with Crippen LogP contribution in [0.3, 0.4) is 0 Å². The Morgan fingerprint density at radius 1 is 1.00 bits per heavy atom. The Morgan fingerprint density at radius 2 is 1.54 bits per heavy atom. The molecule has 3 rings (SSSR count). The summed E-state index contributed by atoms with van der Waals surface area (Å²) in [4.78, 5) is 16.4. The van der Waals surface area contributed by atoms with Crippen molar-refractivity contribution in [2.75, 3.05) is 5.75 Å². The number of rotatable bonds is 5. The van der Waals surface area contributed by atoms with Crippen molar-refractivity contribution in [3.63, 3.8) is 0 Å². The number of carbonyl (C=O) groups is 1. The number of thiazole rings is 1. The molecule has 0 saturated heterocycles. The maximum absolute atomic E-state index is 10.8. The van der Waals surface area contributed by atoms with Crippen molar-refractivity contribution < 1.29 is 9.90 Å². The Morgan fingerprint density at radius 3 is 2.08 bits per heavy atom. The van der Waals surface area contributed by atoms with Gasteiger partial charge < -0.3 is 5.11 Å². The van der Waals surface area contributed by atoms with E-state index in [4.69, 9.17) is 28.3 Å². The van der Waals surface area contributed by atoms with Crippen LogP contribution in [0.2, 0.25) is 10.0 Å². The first-order valence-corrected chi connectivity index (χ1v) is 9.46. The molecule has 24 heavy (non-hydrogen) atoms. The molecule has 0 radical (unpaired) electrons. The number of nitrogens with zero attached hydrogens (tertiary/aromatic N) is 1. The fourth-order valence-corrected chi connectivity index (χ4v) is 4.23. The van der Waals surface area contributed by atoms with Crippen LogP contribution >= 0.6 is 46.3 Å². The second kappa shape index (κ2) is 7.57. The van der Waals surface area contributed by atoms with E-state index in [0.717, 1.165) is 21.7 Å². The second-order valence-corrected chi connectivity index (χ2v) is 7.95. The normalized spacial score (nSPS) is 10.8. The van der Waals surface area contributed by atoms with Crippen LogP contribution in [0.4, 0.5) is 0 Å².